The van der Waals surface area contributed by atoms with Crippen molar-refractivity contribution in [2.75, 3.05) is 19.4 Å². The number of carbonyl (C=O) groups is 1. The van der Waals surface area contributed by atoms with E-state index in [4.69, 9.17) is 0 Å². The minimum Gasteiger partial charge on any atom is -0.324 e. The van der Waals surface area contributed by atoms with E-state index in [0.717, 1.165) is 11.3 Å². The van der Waals surface area contributed by atoms with E-state index in [0.29, 0.717) is 5.92 Å². The molecule has 4 nitrogen and oxygen atoms in total. The Kier molecular flexibility index (Phi) is 5.28. The lowest BCUT2D eigenvalue weighted by Gasteiger charge is -2.23. The van der Waals surface area contributed by atoms with E-state index < -0.39 is 0 Å². The molecule has 1 atom stereocenters. The van der Waals surface area contributed by atoms with Crippen LogP contribution in [-0.4, -0.2) is 29.9 Å². The molecule has 0 saturated heterocycles. The minimum atomic E-state index is -0.363. The topological polar surface area (TPSA) is 45.2 Å². The lowest BCUT2D eigenvalue weighted by molar-refractivity contribution is -0.120. The Morgan fingerprint density at radius 1 is 1.09 bits per heavy atom. The summed E-state index contributed by atoms with van der Waals surface area (Å²) in [5.41, 5.74) is 2.95. The molecule has 2 rings (SSSR count). The molecular weight excluding hydrogens is 274 g/mol. The van der Waals surface area contributed by atoms with Gasteiger partial charge in [-0.3, -0.25) is 14.7 Å². The van der Waals surface area contributed by atoms with Gasteiger partial charge in [0.15, 0.2) is 0 Å². The third-order valence-corrected chi connectivity index (χ3v) is 3.61. The second-order valence-electron chi connectivity index (χ2n) is 5.92. The van der Waals surface area contributed by atoms with Crippen molar-refractivity contribution in [2.45, 2.75) is 25.8 Å². The van der Waals surface area contributed by atoms with Gasteiger partial charge in [0.05, 0.1) is 0 Å². The van der Waals surface area contributed by atoms with E-state index in [-0.39, 0.29) is 11.9 Å². The quantitative estimate of drug-likeness (QED) is 0.919. The number of hydrogen-bond donors (Lipinski definition) is 1. The summed E-state index contributed by atoms with van der Waals surface area (Å²) in [6, 6.07) is 11.4. The smallest absolute Gasteiger partial charge is 0.246 e. The number of carbonyl (C=O) groups excluding carboxylic acids is 1. The first-order chi connectivity index (χ1) is 10.5. The largest absolute Gasteiger partial charge is 0.324 e. The van der Waals surface area contributed by atoms with Crippen LogP contribution < -0.4 is 5.32 Å². The monoisotopic (exact) mass is 297 g/mol. The summed E-state index contributed by atoms with van der Waals surface area (Å²) < 4.78 is 0. The molecule has 0 radical (unpaired) electrons. The van der Waals surface area contributed by atoms with Gasteiger partial charge in [0, 0.05) is 18.1 Å². The molecule has 0 fully saturated rings. The number of amides is 1. The third-order valence-electron chi connectivity index (χ3n) is 3.61. The molecule has 116 valence electrons. The molecule has 2 aromatic rings. The summed E-state index contributed by atoms with van der Waals surface area (Å²) in [6.07, 6.45) is 3.44. The molecule has 1 aromatic heterocycles. The van der Waals surface area contributed by atoms with Gasteiger partial charge in [-0.25, -0.2) is 0 Å². The van der Waals surface area contributed by atoms with Crippen molar-refractivity contribution < 1.29 is 4.79 Å². The number of nitrogens with zero attached hydrogens (tertiary/aromatic N) is 2. The fourth-order valence-corrected chi connectivity index (χ4v) is 2.38. The van der Waals surface area contributed by atoms with Gasteiger partial charge in [0.2, 0.25) is 5.91 Å². The molecule has 1 aromatic carbocycles. The van der Waals surface area contributed by atoms with Crippen molar-refractivity contribution in [1.29, 1.82) is 0 Å². The van der Waals surface area contributed by atoms with E-state index in [2.05, 4.69) is 36.3 Å². The molecule has 0 bridgehead atoms. The lowest BCUT2D eigenvalue weighted by Crippen LogP contribution is -2.32. The van der Waals surface area contributed by atoms with Crippen LogP contribution in [0.25, 0.3) is 0 Å². The molecular formula is C18H23N3O. The Morgan fingerprint density at radius 3 is 2.27 bits per heavy atom. The summed E-state index contributed by atoms with van der Waals surface area (Å²) in [5, 5.41) is 2.98. The maximum absolute atomic E-state index is 12.6. The van der Waals surface area contributed by atoms with E-state index in [1.165, 1.54) is 5.56 Å². The zero-order chi connectivity index (χ0) is 16.1. The average Bonchev–Trinajstić information content (AvgIpc) is 2.48. The minimum absolute atomic E-state index is 0.0599. The lowest BCUT2D eigenvalue weighted by atomic mass is 10.0. The van der Waals surface area contributed by atoms with Gasteiger partial charge in [-0.15, -0.1) is 0 Å². The van der Waals surface area contributed by atoms with Crippen LogP contribution in [0.5, 0.6) is 0 Å². The van der Waals surface area contributed by atoms with Gasteiger partial charge >= 0.3 is 0 Å². The number of rotatable bonds is 5. The molecule has 0 saturated carbocycles. The van der Waals surface area contributed by atoms with E-state index in [9.17, 15) is 4.79 Å². The molecule has 0 aliphatic rings. The average molecular weight is 297 g/mol. The van der Waals surface area contributed by atoms with Gasteiger partial charge in [0.1, 0.15) is 6.04 Å². The molecule has 22 heavy (non-hydrogen) atoms. The van der Waals surface area contributed by atoms with Crippen LogP contribution in [0.2, 0.25) is 0 Å². The predicted molar refractivity (Wildman–Crippen MR) is 89.8 cm³/mol. The van der Waals surface area contributed by atoms with Crippen LogP contribution in [0.15, 0.2) is 48.8 Å². The van der Waals surface area contributed by atoms with Crippen molar-refractivity contribution in [3.05, 3.63) is 59.9 Å². The zero-order valence-corrected chi connectivity index (χ0v) is 13.6. The van der Waals surface area contributed by atoms with Crippen LogP contribution in [0.1, 0.15) is 36.9 Å². The fourth-order valence-electron chi connectivity index (χ4n) is 2.38. The molecule has 0 spiro atoms. The van der Waals surface area contributed by atoms with Gasteiger partial charge < -0.3 is 5.32 Å². The summed E-state index contributed by atoms with van der Waals surface area (Å²) in [4.78, 5) is 18.6. The number of aromatic nitrogens is 1. The highest BCUT2D eigenvalue weighted by atomic mass is 16.2. The fraction of sp³-hybridized carbons (Fsp3) is 0.333. The van der Waals surface area contributed by atoms with Gasteiger partial charge in [-0.2, -0.15) is 0 Å². The number of pyridine rings is 1. The highest BCUT2D eigenvalue weighted by molar-refractivity contribution is 5.95. The first kappa shape index (κ1) is 16.2. The second kappa shape index (κ2) is 7.18. The van der Waals surface area contributed by atoms with Crippen molar-refractivity contribution in [2.24, 2.45) is 0 Å². The molecule has 1 heterocycles. The molecule has 1 unspecified atom stereocenters. The SMILES string of the molecule is CC(C)c1ccc(NC(=O)C(c2cccnc2)N(C)C)cc1. The van der Waals surface area contributed by atoms with E-state index in [1.54, 1.807) is 12.4 Å². The second-order valence-corrected chi connectivity index (χ2v) is 5.92. The first-order valence-corrected chi connectivity index (χ1v) is 7.46. The Labute approximate surface area is 132 Å². The van der Waals surface area contributed by atoms with Crippen LogP contribution >= 0.6 is 0 Å². The highest BCUT2D eigenvalue weighted by Crippen LogP contribution is 2.21. The standard InChI is InChI=1S/C18H23N3O/c1-13(2)14-7-9-16(10-8-14)20-18(22)17(21(3)4)15-6-5-11-19-12-15/h5-13,17H,1-4H3,(H,20,22). The third kappa shape index (κ3) is 3.92. The Hall–Kier alpha value is -2.20. The molecule has 4 heteroatoms. The molecule has 1 N–H and O–H groups in total. The molecule has 0 aliphatic carbocycles. The molecule has 0 aliphatic heterocycles. The number of anilines is 1. The number of benzene rings is 1. The van der Waals surface area contributed by atoms with Crippen LogP contribution in [0.4, 0.5) is 5.69 Å². The van der Waals surface area contributed by atoms with Gasteiger partial charge in [0.25, 0.3) is 0 Å². The number of hydrogen-bond acceptors (Lipinski definition) is 3. The van der Waals surface area contributed by atoms with Crippen LogP contribution in [0.3, 0.4) is 0 Å². The highest BCUT2D eigenvalue weighted by Gasteiger charge is 2.23. The maximum atomic E-state index is 12.6. The summed E-state index contributed by atoms with van der Waals surface area (Å²) >= 11 is 0. The number of likely N-dealkylation sites (N-methyl/N-ethyl adjacent to an activating group) is 1. The summed E-state index contributed by atoms with van der Waals surface area (Å²) in [5.74, 6) is 0.421. The van der Waals surface area contributed by atoms with Crippen molar-refractivity contribution in [1.82, 2.24) is 9.88 Å². The summed E-state index contributed by atoms with van der Waals surface area (Å²) in [7, 11) is 3.78. The van der Waals surface area contributed by atoms with Crippen molar-refractivity contribution in [3.63, 3.8) is 0 Å². The molecule has 1 amide bonds. The maximum Gasteiger partial charge on any atom is 0.246 e. The van der Waals surface area contributed by atoms with E-state index in [1.807, 2.05) is 43.3 Å². The Bertz CT molecular complexity index is 606. The normalized spacial score (nSPS) is 12.5. The van der Waals surface area contributed by atoms with Crippen LogP contribution in [0, 0.1) is 0 Å². The summed E-state index contributed by atoms with van der Waals surface area (Å²) in [6.45, 7) is 4.30. The van der Waals surface area contributed by atoms with Gasteiger partial charge in [-0.1, -0.05) is 32.0 Å². The van der Waals surface area contributed by atoms with Crippen molar-refractivity contribution in [3.8, 4) is 0 Å². The van der Waals surface area contributed by atoms with Crippen molar-refractivity contribution >= 4 is 11.6 Å². The van der Waals surface area contributed by atoms with E-state index >= 15 is 0 Å². The predicted octanol–water partition coefficient (Wildman–Crippen LogP) is 3.45. The van der Waals surface area contributed by atoms with Gasteiger partial charge in [-0.05, 0) is 49.3 Å². The first-order valence-electron chi connectivity index (χ1n) is 7.46. The Morgan fingerprint density at radius 2 is 1.77 bits per heavy atom. The number of nitrogens with one attached hydrogen (secondary N) is 1. The zero-order valence-electron chi connectivity index (χ0n) is 13.6. The Balaban J connectivity index is 2.15. The van der Waals surface area contributed by atoms with Crippen LogP contribution in [-0.2, 0) is 4.79 Å².